The Morgan fingerprint density at radius 1 is 1.03 bits per heavy atom. The molecule has 35 heavy (non-hydrogen) atoms. The average molecular weight is 534 g/mol. The molecular weight excluding hydrogens is 486 g/mol. The van der Waals surface area contributed by atoms with E-state index < -0.39 is 5.60 Å². The largest absolute Gasteiger partial charge is 0.390 e. The fourth-order valence-electron chi connectivity index (χ4n) is 4.11. The minimum Gasteiger partial charge on any atom is -0.390 e. The monoisotopic (exact) mass is 533 g/mol. The van der Waals surface area contributed by atoms with E-state index in [-0.39, 0.29) is 28.6 Å². The number of nitrogens with one attached hydrogen (secondary N) is 2. The van der Waals surface area contributed by atoms with Crippen LogP contribution in [0.2, 0.25) is 0 Å². The molecule has 1 fully saturated rings. The molecule has 0 radical (unpaired) electrons. The van der Waals surface area contributed by atoms with E-state index in [2.05, 4.69) is 16.9 Å². The molecule has 0 saturated carbocycles. The standard InChI is InChI=1S/C25H47N3O5S2/c1-24(2,18-25(3,4)32)19-27-21(30)12-9-16-35-23-17-22(31)28(33-23)14-8-6-7-11-20(29)26-13-10-15-34-5/h23,32H,6-19H2,1-5H3,(H,26,29)(H,27,30). The van der Waals surface area contributed by atoms with Gasteiger partial charge in [0, 0.05) is 32.5 Å². The topological polar surface area (TPSA) is 108 Å². The second-order valence-corrected chi connectivity index (χ2v) is 12.9. The van der Waals surface area contributed by atoms with E-state index in [1.165, 1.54) is 5.06 Å². The lowest BCUT2D eigenvalue weighted by Crippen LogP contribution is -2.38. The smallest absolute Gasteiger partial charge is 0.249 e. The summed E-state index contributed by atoms with van der Waals surface area (Å²) in [5.74, 6) is 1.91. The van der Waals surface area contributed by atoms with E-state index in [0.29, 0.717) is 38.8 Å². The van der Waals surface area contributed by atoms with Gasteiger partial charge in [0.2, 0.25) is 17.7 Å². The van der Waals surface area contributed by atoms with Crippen molar-refractivity contribution in [1.29, 1.82) is 0 Å². The molecule has 1 heterocycles. The Kier molecular flexibility index (Phi) is 15.3. The van der Waals surface area contributed by atoms with Crippen LogP contribution < -0.4 is 10.6 Å². The molecule has 10 heteroatoms. The van der Waals surface area contributed by atoms with Crippen LogP contribution in [0.25, 0.3) is 0 Å². The minimum absolute atomic E-state index is 0.000758. The Bertz CT molecular complexity index is 656. The Labute approximate surface area is 220 Å². The molecule has 1 rings (SSSR count). The van der Waals surface area contributed by atoms with Gasteiger partial charge >= 0.3 is 0 Å². The summed E-state index contributed by atoms with van der Waals surface area (Å²) >= 11 is 3.35. The lowest BCUT2D eigenvalue weighted by atomic mass is 9.82. The van der Waals surface area contributed by atoms with Crippen LogP contribution in [0.15, 0.2) is 0 Å². The highest BCUT2D eigenvalue weighted by atomic mass is 32.2. The molecule has 1 saturated heterocycles. The van der Waals surface area contributed by atoms with Crippen LogP contribution in [-0.2, 0) is 19.2 Å². The molecule has 3 N–H and O–H groups in total. The van der Waals surface area contributed by atoms with Gasteiger partial charge in [0.15, 0.2) is 0 Å². The number of carbonyl (C=O) groups is 3. The van der Waals surface area contributed by atoms with Crippen molar-refractivity contribution in [3.8, 4) is 0 Å². The number of amides is 3. The third-order valence-electron chi connectivity index (χ3n) is 5.50. The third-order valence-corrected chi connectivity index (χ3v) is 7.35. The number of hydrogen-bond acceptors (Lipinski definition) is 7. The maximum absolute atomic E-state index is 12.2. The molecule has 0 bridgehead atoms. The number of aliphatic hydroxyl groups is 1. The lowest BCUT2D eigenvalue weighted by Gasteiger charge is -2.31. The summed E-state index contributed by atoms with van der Waals surface area (Å²) < 4.78 is 0. The molecular formula is C25H47N3O5S2. The van der Waals surface area contributed by atoms with Gasteiger partial charge in [0.05, 0.1) is 12.0 Å². The summed E-state index contributed by atoms with van der Waals surface area (Å²) in [6.45, 7) is 9.44. The first-order chi connectivity index (χ1) is 16.4. The third kappa shape index (κ3) is 16.4. The molecule has 8 nitrogen and oxygen atoms in total. The van der Waals surface area contributed by atoms with Crippen LogP contribution in [0.3, 0.4) is 0 Å². The number of unbranched alkanes of at least 4 members (excludes halogenated alkanes) is 2. The summed E-state index contributed by atoms with van der Waals surface area (Å²) in [5, 5.41) is 17.4. The van der Waals surface area contributed by atoms with Crippen molar-refractivity contribution in [2.45, 2.75) is 96.5 Å². The van der Waals surface area contributed by atoms with Crippen LogP contribution in [-0.4, -0.2) is 76.3 Å². The molecule has 1 aliphatic heterocycles. The maximum Gasteiger partial charge on any atom is 0.249 e. The van der Waals surface area contributed by atoms with Crippen molar-refractivity contribution < 1.29 is 24.3 Å². The highest BCUT2D eigenvalue weighted by Gasteiger charge is 2.31. The van der Waals surface area contributed by atoms with Crippen molar-refractivity contribution in [1.82, 2.24) is 15.7 Å². The average Bonchev–Trinajstić information content (AvgIpc) is 3.10. The Balaban J connectivity index is 2.10. The van der Waals surface area contributed by atoms with E-state index in [9.17, 15) is 19.5 Å². The first-order valence-corrected chi connectivity index (χ1v) is 15.2. The second-order valence-electron chi connectivity index (χ2n) is 10.6. The number of hydrogen-bond donors (Lipinski definition) is 3. The number of hydroxylamine groups is 2. The zero-order valence-electron chi connectivity index (χ0n) is 22.3. The first kappa shape index (κ1) is 32.1. The molecule has 0 aromatic rings. The fraction of sp³-hybridized carbons (Fsp3) is 0.880. The zero-order valence-corrected chi connectivity index (χ0v) is 24.0. The van der Waals surface area contributed by atoms with Gasteiger partial charge < -0.3 is 15.7 Å². The molecule has 0 aromatic heterocycles. The van der Waals surface area contributed by atoms with E-state index in [1.807, 2.05) is 13.8 Å². The molecule has 1 aliphatic rings. The highest BCUT2D eigenvalue weighted by Crippen LogP contribution is 2.28. The van der Waals surface area contributed by atoms with Crippen molar-refractivity contribution in [3.63, 3.8) is 0 Å². The predicted octanol–water partition coefficient (Wildman–Crippen LogP) is 3.72. The highest BCUT2D eigenvalue weighted by molar-refractivity contribution is 7.99. The molecule has 0 aliphatic carbocycles. The van der Waals surface area contributed by atoms with Crippen molar-refractivity contribution in [3.05, 3.63) is 0 Å². The molecule has 1 atom stereocenters. The Morgan fingerprint density at radius 3 is 2.40 bits per heavy atom. The SMILES string of the molecule is CSCCCNC(=O)CCCCCN1OC(SCCCC(=O)NCC(C)(C)CC(C)(C)O)CC1=O. The van der Waals surface area contributed by atoms with Gasteiger partial charge in [-0.3, -0.25) is 19.2 Å². The molecule has 0 aromatic carbocycles. The second kappa shape index (κ2) is 16.7. The summed E-state index contributed by atoms with van der Waals surface area (Å²) in [6.07, 6.45) is 8.20. The Morgan fingerprint density at radius 2 is 1.71 bits per heavy atom. The van der Waals surface area contributed by atoms with Gasteiger partial charge in [0.1, 0.15) is 5.44 Å². The van der Waals surface area contributed by atoms with Crippen LogP contribution in [0.5, 0.6) is 0 Å². The maximum atomic E-state index is 12.2. The number of nitrogens with zero attached hydrogens (tertiary/aromatic N) is 1. The summed E-state index contributed by atoms with van der Waals surface area (Å²) in [6, 6.07) is 0. The summed E-state index contributed by atoms with van der Waals surface area (Å²) in [7, 11) is 0. The summed E-state index contributed by atoms with van der Waals surface area (Å²) in [4.78, 5) is 41.9. The number of rotatable bonds is 19. The van der Waals surface area contributed by atoms with Gasteiger partial charge in [-0.15, -0.1) is 11.8 Å². The quantitative estimate of drug-likeness (QED) is 0.217. The van der Waals surface area contributed by atoms with Crippen molar-refractivity contribution >= 4 is 41.2 Å². The van der Waals surface area contributed by atoms with E-state index in [0.717, 1.165) is 50.2 Å². The summed E-state index contributed by atoms with van der Waals surface area (Å²) in [5.41, 5.74) is -1.13. The first-order valence-electron chi connectivity index (χ1n) is 12.8. The van der Waals surface area contributed by atoms with Crippen LogP contribution in [0.4, 0.5) is 0 Å². The van der Waals surface area contributed by atoms with Crippen LogP contribution >= 0.6 is 23.5 Å². The molecule has 204 valence electrons. The van der Waals surface area contributed by atoms with Gasteiger partial charge in [-0.05, 0) is 69.1 Å². The van der Waals surface area contributed by atoms with E-state index in [4.69, 9.17) is 4.84 Å². The van der Waals surface area contributed by atoms with Gasteiger partial charge in [0.25, 0.3) is 0 Å². The van der Waals surface area contributed by atoms with Gasteiger partial charge in [-0.1, -0.05) is 20.3 Å². The normalized spacial score (nSPS) is 16.6. The van der Waals surface area contributed by atoms with Crippen molar-refractivity contribution in [2.75, 3.05) is 37.4 Å². The van der Waals surface area contributed by atoms with Crippen LogP contribution in [0.1, 0.15) is 85.5 Å². The Hall–Kier alpha value is -0.970. The lowest BCUT2D eigenvalue weighted by molar-refractivity contribution is -0.164. The van der Waals surface area contributed by atoms with Gasteiger partial charge in [-0.25, -0.2) is 5.06 Å². The molecule has 1 unspecified atom stereocenters. The number of carbonyl (C=O) groups excluding carboxylic acids is 3. The van der Waals surface area contributed by atoms with E-state index >= 15 is 0 Å². The minimum atomic E-state index is -0.763. The van der Waals surface area contributed by atoms with Crippen molar-refractivity contribution in [2.24, 2.45) is 5.41 Å². The van der Waals surface area contributed by atoms with Gasteiger partial charge in [-0.2, -0.15) is 11.8 Å². The number of thioether (sulfide) groups is 2. The molecule has 3 amide bonds. The fourth-order valence-corrected chi connectivity index (χ4v) is 5.54. The van der Waals surface area contributed by atoms with Crippen LogP contribution in [0, 0.1) is 5.41 Å². The predicted molar refractivity (Wildman–Crippen MR) is 145 cm³/mol. The zero-order chi connectivity index (χ0) is 26.3. The van der Waals surface area contributed by atoms with E-state index in [1.54, 1.807) is 37.4 Å². The molecule has 0 spiro atoms.